The lowest BCUT2D eigenvalue weighted by Gasteiger charge is -2.31. The summed E-state index contributed by atoms with van der Waals surface area (Å²) in [5, 5.41) is 0. The third kappa shape index (κ3) is 5.05. The fourth-order valence-electron chi connectivity index (χ4n) is 3.22. The first-order valence-electron chi connectivity index (χ1n) is 8.84. The fourth-order valence-corrected chi connectivity index (χ4v) is 4.86. The molecule has 3 rings (SSSR count). The number of rotatable bonds is 6. The lowest BCUT2D eigenvalue weighted by molar-refractivity contribution is 0.180. The zero-order valence-electron chi connectivity index (χ0n) is 14.9. The van der Waals surface area contributed by atoms with Gasteiger partial charge in [0.05, 0.1) is 12.4 Å². The minimum atomic E-state index is -3.42. The number of hydrogen-bond acceptors (Lipinski definition) is 3. The van der Waals surface area contributed by atoms with Crippen LogP contribution in [-0.2, 0) is 15.8 Å². The van der Waals surface area contributed by atoms with E-state index in [1.165, 1.54) is 24.3 Å². The summed E-state index contributed by atoms with van der Waals surface area (Å²) in [7, 11) is -3.42. The number of hydrogen-bond donors (Lipinski definition) is 0. The number of benzene rings is 2. The molecule has 1 atom stereocenters. The molecule has 0 saturated carbocycles. The van der Waals surface area contributed by atoms with Crippen LogP contribution in [0.5, 0.6) is 5.75 Å². The maximum Gasteiger partial charge on any atom is 0.218 e. The Kier molecular flexibility index (Phi) is 5.94. The van der Waals surface area contributed by atoms with Crippen molar-refractivity contribution < 1.29 is 17.5 Å². The van der Waals surface area contributed by atoms with E-state index in [1.807, 2.05) is 31.2 Å². The van der Waals surface area contributed by atoms with Crippen LogP contribution in [0.4, 0.5) is 4.39 Å². The van der Waals surface area contributed by atoms with E-state index in [-0.39, 0.29) is 17.5 Å². The van der Waals surface area contributed by atoms with Crippen molar-refractivity contribution in [3.05, 3.63) is 65.5 Å². The molecule has 1 unspecified atom stereocenters. The second-order valence-corrected chi connectivity index (χ2v) is 8.85. The van der Waals surface area contributed by atoms with Gasteiger partial charge < -0.3 is 4.74 Å². The van der Waals surface area contributed by atoms with Crippen molar-refractivity contribution in [1.29, 1.82) is 0 Å². The number of ether oxygens (including phenoxy) is 1. The second-order valence-electron chi connectivity index (χ2n) is 6.88. The smallest absolute Gasteiger partial charge is 0.218 e. The summed E-state index contributed by atoms with van der Waals surface area (Å²) in [6.07, 6.45) is 1.78. The van der Waals surface area contributed by atoms with Crippen LogP contribution in [0.25, 0.3) is 0 Å². The maximum absolute atomic E-state index is 13.0. The predicted octanol–water partition coefficient (Wildman–Crippen LogP) is 3.75. The molecule has 0 spiro atoms. The molecule has 0 amide bonds. The normalized spacial score (nSPS) is 18.6. The number of nitrogens with zero attached hydrogens (tertiary/aromatic N) is 1. The van der Waals surface area contributed by atoms with Crippen molar-refractivity contribution in [1.82, 2.24) is 4.31 Å². The Bertz CT molecular complexity index is 836. The van der Waals surface area contributed by atoms with Crippen molar-refractivity contribution >= 4 is 10.0 Å². The van der Waals surface area contributed by atoms with Gasteiger partial charge in [0, 0.05) is 19.0 Å². The molecule has 0 bridgehead atoms. The molecule has 140 valence electrons. The number of piperidine rings is 1. The summed E-state index contributed by atoms with van der Waals surface area (Å²) in [6, 6.07) is 13.5. The van der Waals surface area contributed by atoms with Crippen LogP contribution in [0, 0.1) is 18.7 Å². The molecule has 26 heavy (non-hydrogen) atoms. The van der Waals surface area contributed by atoms with E-state index >= 15 is 0 Å². The zero-order valence-corrected chi connectivity index (χ0v) is 15.7. The monoisotopic (exact) mass is 377 g/mol. The molecular weight excluding hydrogens is 353 g/mol. The second kappa shape index (κ2) is 8.18. The van der Waals surface area contributed by atoms with Crippen LogP contribution in [0.2, 0.25) is 0 Å². The first-order valence-corrected chi connectivity index (χ1v) is 10.4. The molecule has 6 heteroatoms. The summed E-state index contributed by atoms with van der Waals surface area (Å²) in [5.74, 6) is 0.527. The Labute approximate surface area is 154 Å². The number of aryl methyl sites for hydroxylation is 1. The molecule has 0 N–H and O–H groups in total. The molecule has 2 aromatic carbocycles. The van der Waals surface area contributed by atoms with Gasteiger partial charge in [-0.1, -0.05) is 24.3 Å². The first kappa shape index (κ1) is 18.9. The average Bonchev–Trinajstić information content (AvgIpc) is 2.62. The standard InChI is InChI=1S/C20H24FNO3S/c1-16-4-2-6-20(12-16)25-14-18-5-3-11-22(13-18)26(23,24)15-17-7-9-19(21)10-8-17/h2,4,6-10,12,18H,3,5,11,13-15H2,1H3. The summed E-state index contributed by atoms with van der Waals surface area (Å²) in [6.45, 7) is 3.52. The molecule has 0 aromatic heterocycles. The summed E-state index contributed by atoms with van der Waals surface area (Å²) in [4.78, 5) is 0. The SMILES string of the molecule is Cc1cccc(OCC2CCCN(S(=O)(=O)Cc3ccc(F)cc3)C2)c1. The third-order valence-electron chi connectivity index (χ3n) is 4.61. The molecular formula is C20H24FNO3S. The number of halogens is 1. The van der Waals surface area contributed by atoms with Gasteiger partial charge in [-0.3, -0.25) is 0 Å². The Balaban J connectivity index is 1.59. The average molecular weight is 377 g/mol. The first-order chi connectivity index (χ1) is 12.4. The van der Waals surface area contributed by atoms with Crippen molar-refractivity contribution in [3.8, 4) is 5.75 Å². The molecule has 0 radical (unpaired) electrons. The van der Waals surface area contributed by atoms with Crippen LogP contribution in [0.15, 0.2) is 48.5 Å². The van der Waals surface area contributed by atoms with Crippen LogP contribution in [0.1, 0.15) is 24.0 Å². The summed E-state index contributed by atoms with van der Waals surface area (Å²) < 4.78 is 45.8. The van der Waals surface area contributed by atoms with E-state index in [0.29, 0.717) is 25.3 Å². The highest BCUT2D eigenvalue weighted by atomic mass is 32.2. The van der Waals surface area contributed by atoms with Crippen molar-refractivity contribution in [2.75, 3.05) is 19.7 Å². The maximum atomic E-state index is 13.0. The Morgan fingerprint density at radius 2 is 1.96 bits per heavy atom. The topological polar surface area (TPSA) is 46.6 Å². The highest BCUT2D eigenvalue weighted by molar-refractivity contribution is 7.88. The van der Waals surface area contributed by atoms with Gasteiger partial charge in [0.25, 0.3) is 0 Å². The lowest BCUT2D eigenvalue weighted by Crippen LogP contribution is -2.42. The lowest BCUT2D eigenvalue weighted by atomic mass is 10.0. The molecule has 2 aromatic rings. The van der Waals surface area contributed by atoms with Crippen LogP contribution in [-0.4, -0.2) is 32.4 Å². The van der Waals surface area contributed by atoms with Crippen molar-refractivity contribution in [3.63, 3.8) is 0 Å². The van der Waals surface area contributed by atoms with Crippen LogP contribution in [0.3, 0.4) is 0 Å². The zero-order chi connectivity index (χ0) is 18.6. The minimum absolute atomic E-state index is 0.0985. The van der Waals surface area contributed by atoms with E-state index in [2.05, 4.69) is 0 Å². The number of sulfonamides is 1. The molecule has 1 fully saturated rings. The van der Waals surface area contributed by atoms with E-state index in [1.54, 1.807) is 4.31 Å². The Hall–Kier alpha value is -1.92. The van der Waals surface area contributed by atoms with Crippen molar-refractivity contribution in [2.45, 2.75) is 25.5 Å². The largest absolute Gasteiger partial charge is 0.493 e. The van der Waals surface area contributed by atoms with Gasteiger partial charge >= 0.3 is 0 Å². The summed E-state index contributed by atoms with van der Waals surface area (Å²) in [5.41, 5.74) is 1.74. The van der Waals surface area contributed by atoms with Gasteiger partial charge in [0.1, 0.15) is 11.6 Å². The van der Waals surface area contributed by atoms with E-state index in [0.717, 1.165) is 24.2 Å². The minimum Gasteiger partial charge on any atom is -0.493 e. The van der Waals surface area contributed by atoms with Crippen molar-refractivity contribution in [2.24, 2.45) is 5.92 Å². The quantitative estimate of drug-likeness (QED) is 0.770. The van der Waals surface area contributed by atoms with Gasteiger partial charge in [-0.25, -0.2) is 17.1 Å². The van der Waals surface area contributed by atoms with E-state index < -0.39 is 10.0 Å². The summed E-state index contributed by atoms with van der Waals surface area (Å²) >= 11 is 0. The fraction of sp³-hybridized carbons (Fsp3) is 0.400. The van der Waals surface area contributed by atoms with E-state index in [4.69, 9.17) is 4.74 Å². The molecule has 1 heterocycles. The molecule has 0 aliphatic carbocycles. The van der Waals surface area contributed by atoms with Gasteiger partial charge in [-0.05, 0) is 55.2 Å². The van der Waals surface area contributed by atoms with Gasteiger partial charge in [0.2, 0.25) is 10.0 Å². The van der Waals surface area contributed by atoms with Gasteiger partial charge in [-0.15, -0.1) is 0 Å². The molecule has 1 saturated heterocycles. The van der Waals surface area contributed by atoms with E-state index in [9.17, 15) is 12.8 Å². The molecule has 4 nitrogen and oxygen atoms in total. The highest BCUT2D eigenvalue weighted by Gasteiger charge is 2.29. The Morgan fingerprint density at radius 1 is 1.19 bits per heavy atom. The van der Waals surface area contributed by atoms with Crippen LogP contribution >= 0.6 is 0 Å². The highest BCUT2D eigenvalue weighted by Crippen LogP contribution is 2.23. The third-order valence-corrected chi connectivity index (χ3v) is 6.43. The van der Waals surface area contributed by atoms with Gasteiger partial charge in [-0.2, -0.15) is 0 Å². The molecule has 1 aliphatic heterocycles. The van der Waals surface area contributed by atoms with Crippen LogP contribution < -0.4 is 4.74 Å². The van der Waals surface area contributed by atoms with Gasteiger partial charge in [0.15, 0.2) is 0 Å². The molecule has 1 aliphatic rings. The Morgan fingerprint density at radius 3 is 2.69 bits per heavy atom. The predicted molar refractivity (Wildman–Crippen MR) is 100.0 cm³/mol.